The largest absolute Gasteiger partial charge is 3.00 e. The van der Waals surface area contributed by atoms with E-state index in [1.165, 1.54) is 143 Å². The molecule has 1 radical (unpaired) electrons. The summed E-state index contributed by atoms with van der Waals surface area (Å²) in [7, 11) is 0. The van der Waals surface area contributed by atoms with Crippen molar-refractivity contribution in [3.05, 3.63) is 0 Å². The normalized spacial score (nSPS) is 10.8. The predicted octanol–water partition coefficient (Wildman–Crippen LogP) is 7.33. The number of hydrogen-bond donors (Lipinski definition) is 4. The van der Waals surface area contributed by atoms with Crippen molar-refractivity contribution in [2.75, 3.05) is 138 Å². The summed E-state index contributed by atoms with van der Waals surface area (Å²) in [6.07, 6.45) is 43.7. The van der Waals surface area contributed by atoms with Crippen LogP contribution < -0.4 is 36.6 Å². The Kier molecular flexibility index (Phi) is 76.7. The monoisotopic (exact) mass is 1550 g/mol. The van der Waals surface area contributed by atoms with Crippen LogP contribution >= 0.6 is 0 Å². The average Bonchev–Trinajstić information content (AvgIpc) is 1.50. The SMILES string of the molecule is CCCCCCCCCCCCC#CC#CCCCCCCCCC(=O)NCCOCCOCCNC(=O)CCN(CCN(CCN(CCC(=O)NCCOCCOCCNC(=O)CCCCCCCCC#CC#CCCCCCCCCCCCC)CC(=O)[O-])CC(=O)[O-])CC(=O)[O-].[Dy+3]. The molecule has 4 N–H and O–H groups in total. The van der Waals surface area contributed by atoms with Crippen LogP contribution in [0.15, 0.2) is 0 Å². The molecule has 0 bridgehead atoms. The van der Waals surface area contributed by atoms with Gasteiger partial charge in [0.25, 0.3) is 0 Å². The van der Waals surface area contributed by atoms with Crippen LogP contribution in [0.1, 0.15) is 271 Å². The molecule has 0 atom stereocenters. The number of amides is 4. The summed E-state index contributed by atoms with van der Waals surface area (Å²) in [4.78, 5) is 88.8. The third-order valence-corrected chi connectivity index (χ3v) is 16.6. The van der Waals surface area contributed by atoms with Gasteiger partial charge in [-0.3, -0.25) is 33.9 Å². The number of ether oxygens (including phenoxy) is 4. The number of aliphatic carboxylic acids is 3. The van der Waals surface area contributed by atoms with Crippen molar-refractivity contribution < 1.29 is 106 Å². The van der Waals surface area contributed by atoms with Crippen molar-refractivity contribution >= 4 is 41.5 Å². The fourth-order valence-electron chi connectivity index (χ4n) is 10.7. The molecule has 0 saturated heterocycles. The van der Waals surface area contributed by atoms with Crippen LogP contribution in [-0.2, 0) is 52.5 Å². The van der Waals surface area contributed by atoms with E-state index in [-0.39, 0.29) is 153 Å². The van der Waals surface area contributed by atoms with E-state index in [2.05, 4.69) is 82.5 Å². The second-order valence-electron chi connectivity index (χ2n) is 25.6. The Bertz CT molecular complexity index is 2140. The maximum absolute atomic E-state index is 12.6. The van der Waals surface area contributed by atoms with Crippen molar-refractivity contribution in [1.82, 2.24) is 36.0 Å². The van der Waals surface area contributed by atoms with Gasteiger partial charge < -0.3 is 69.9 Å². The molecule has 0 heterocycles. The van der Waals surface area contributed by atoms with Crippen molar-refractivity contribution in [3.63, 3.8) is 0 Å². The fourth-order valence-corrected chi connectivity index (χ4v) is 10.7. The van der Waals surface area contributed by atoms with Gasteiger partial charge in [-0.2, -0.15) is 0 Å². The standard InChI is InChI=1S/C78H135N7O14.Dy/c1-3-5-7-9-11-13-15-17-19-21-23-25-27-29-31-33-35-37-39-41-43-45-47-72(86)79-51-61-96-65-67-98-63-53-81-74(88)49-55-83(69-76(90)91)57-59-85(71-78(94)95)60-58-84(70-77(92)93)56-50-75(89)82-54-64-99-68-66-97-62-52-80-73(87)48-46-44-42-40-38-36-34-32-30-28-26-24-22-20-18-16-14-12-10-8-6-4-2;/h3-24,33-71H2,1-2H3,(H,79,86)(H,80,87)(H,81,88)(H,82,89)(H,90,91)(H,92,93)(H,94,95);/q;+3/p-3. The molecule has 0 aromatic rings. The minimum absolute atomic E-state index is 0. The molecule has 0 fully saturated rings. The zero-order chi connectivity index (χ0) is 72.2. The van der Waals surface area contributed by atoms with E-state index < -0.39 is 37.5 Å². The number of hydrogen-bond acceptors (Lipinski definition) is 17. The smallest absolute Gasteiger partial charge is 0.549 e. The summed E-state index contributed by atoms with van der Waals surface area (Å²) in [5.41, 5.74) is 0. The van der Waals surface area contributed by atoms with Gasteiger partial charge in [0.15, 0.2) is 0 Å². The average molecular weight is 1550 g/mol. The fraction of sp³-hybridized carbons (Fsp3) is 0.808. The number of carboxylic acids is 3. The van der Waals surface area contributed by atoms with E-state index in [0.29, 0.717) is 52.4 Å². The molecule has 0 aromatic carbocycles. The number of carbonyl (C=O) groups is 7. The van der Waals surface area contributed by atoms with Crippen LogP contribution in [0.25, 0.3) is 0 Å². The molecule has 0 unspecified atom stereocenters. The summed E-state index contributed by atoms with van der Waals surface area (Å²) in [5.74, 6) is 19.9. The van der Waals surface area contributed by atoms with Gasteiger partial charge in [-0.05, 0) is 62.2 Å². The van der Waals surface area contributed by atoms with Gasteiger partial charge in [0.05, 0.1) is 70.8 Å². The Morgan fingerprint density at radius 2 is 0.490 bits per heavy atom. The van der Waals surface area contributed by atoms with Gasteiger partial charge in [0, 0.05) is 136 Å². The predicted molar refractivity (Wildman–Crippen MR) is 387 cm³/mol. The van der Waals surface area contributed by atoms with Crippen LogP contribution in [0, 0.1) is 85.5 Å². The van der Waals surface area contributed by atoms with E-state index >= 15 is 0 Å². The number of carboxylic acid groups (broad SMARTS) is 3. The Balaban J connectivity index is 0. The molecule has 573 valence electrons. The summed E-state index contributed by atoms with van der Waals surface area (Å²) in [6.45, 7) is 6.62. The Hall–Kier alpha value is -4.48. The number of carbonyl (C=O) groups excluding carboxylic acids is 7. The van der Waals surface area contributed by atoms with Gasteiger partial charge in [0.1, 0.15) is 0 Å². The first-order chi connectivity index (χ1) is 48.4. The molecule has 21 nitrogen and oxygen atoms in total. The molecule has 100 heavy (non-hydrogen) atoms. The molecule has 4 amide bonds. The van der Waals surface area contributed by atoms with E-state index in [4.69, 9.17) is 18.9 Å². The molecule has 0 aromatic heterocycles. The second-order valence-corrected chi connectivity index (χ2v) is 25.6. The van der Waals surface area contributed by atoms with E-state index in [1.54, 1.807) is 0 Å². The summed E-state index contributed by atoms with van der Waals surface area (Å²) < 4.78 is 22.1. The zero-order valence-corrected chi connectivity index (χ0v) is 64.0. The maximum atomic E-state index is 12.6. The minimum atomic E-state index is -1.40. The number of nitrogens with one attached hydrogen (secondary N) is 4. The Morgan fingerprint density at radius 1 is 0.280 bits per heavy atom. The first kappa shape index (κ1) is 97.6. The van der Waals surface area contributed by atoms with Gasteiger partial charge >= 0.3 is 38.2 Å². The van der Waals surface area contributed by atoms with Crippen LogP contribution in [0.2, 0.25) is 0 Å². The molecule has 0 aliphatic heterocycles. The summed E-state index contributed by atoms with van der Waals surface area (Å²) in [6, 6.07) is 0. The van der Waals surface area contributed by atoms with Gasteiger partial charge in [-0.15, -0.1) is 0 Å². The maximum Gasteiger partial charge on any atom is 3.00 e. The van der Waals surface area contributed by atoms with Crippen LogP contribution in [0.5, 0.6) is 0 Å². The number of unbranched alkanes of at least 4 members (excludes halogenated alkanes) is 32. The quantitative estimate of drug-likeness (QED) is 0.0342. The molecular weight excluding hydrogens is 1420 g/mol. The van der Waals surface area contributed by atoms with Crippen molar-refractivity contribution in [3.8, 4) is 47.4 Å². The van der Waals surface area contributed by atoms with Crippen molar-refractivity contribution in [2.45, 2.75) is 271 Å². The number of nitrogens with zero attached hydrogens (tertiary/aromatic N) is 3. The Labute approximate surface area is 635 Å². The van der Waals surface area contributed by atoms with Crippen LogP contribution in [0.3, 0.4) is 0 Å². The third kappa shape index (κ3) is 77.7. The first-order valence-corrected chi connectivity index (χ1v) is 38.4. The van der Waals surface area contributed by atoms with E-state index in [1.807, 2.05) is 0 Å². The van der Waals surface area contributed by atoms with Crippen LogP contribution in [0.4, 0.5) is 0 Å². The molecule has 0 aliphatic rings. The van der Waals surface area contributed by atoms with E-state index in [0.717, 1.165) is 103 Å². The Morgan fingerprint density at radius 3 is 0.730 bits per heavy atom. The second kappa shape index (κ2) is 78.7. The summed E-state index contributed by atoms with van der Waals surface area (Å²) >= 11 is 0. The van der Waals surface area contributed by atoms with Gasteiger partial charge in [-0.25, -0.2) is 0 Å². The topological polar surface area (TPSA) is 283 Å². The molecule has 22 heteroatoms. The van der Waals surface area contributed by atoms with Gasteiger partial charge in [-0.1, -0.05) is 204 Å². The van der Waals surface area contributed by atoms with Crippen LogP contribution in [-0.4, -0.2) is 194 Å². The molecular formula is C78H132DyN7O14. The summed E-state index contributed by atoms with van der Waals surface area (Å²) in [5, 5.41) is 46.0. The molecule has 0 saturated carbocycles. The third-order valence-electron chi connectivity index (χ3n) is 16.6. The zero-order valence-electron chi connectivity index (χ0n) is 62.0. The van der Waals surface area contributed by atoms with Crippen molar-refractivity contribution in [2.24, 2.45) is 0 Å². The molecule has 0 aliphatic carbocycles. The molecule has 0 rings (SSSR count). The number of rotatable bonds is 72. The molecule has 0 spiro atoms. The van der Waals surface area contributed by atoms with Gasteiger partial charge in [0.2, 0.25) is 23.6 Å². The van der Waals surface area contributed by atoms with Crippen molar-refractivity contribution in [1.29, 1.82) is 0 Å². The minimum Gasteiger partial charge on any atom is -0.549 e. The first-order valence-electron chi connectivity index (χ1n) is 38.4. The van der Waals surface area contributed by atoms with E-state index in [9.17, 15) is 48.9 Å².